The predicted octanol–water partition coefficient (Wildman–Crippen LogP) is 2.36. The Morgan fingerprint density at radius 1 is 1.04 bits per heavy atom. The predicted molar refractivity (Wildman–Crippen MR) is 90.3 cm³/mol. The molecule has 140 valence electrons. The highest BCUT2D eigenvalue weighted by Gasteiger charge is 2.28. The van der Waals surface area contributed by atoms with Crippen LogP contribution in [0.3, 0.4) is 0 Å². The number of hydrogen-bond acceptors (Lipinski definition) is 7. The van der Waals surface area contributed by atoms with Gasteiger partial charge in [0.25, 0.3) is 10.1 Å². The summed E-state index contributed by atoms with van der Waals surface area (Å²) in [7, 11) is -4.11. The molecule has 0 aliphatic heterocycles. The molecule has 1 aromatic rings. The Morgan fingerprint density at radius 2 is 1.64 bits per heavy atom. The molecule has 0 saturated heterocycles. The third-order valence-corrected chi connectivity index (χ3v) is 4.67. The Labute approximate surface area is 148 Å². The maximum absolute atomic E-state index is 12.1. The summed E-state index contributed by atoms with van der Waals surface area (Å²) in [6.45, 7) is 6.60. The lowest BCUT2D eigenvalue weighted by molar-refractivity contribution is -0.170. The first-order valence-corrected chi connectivity index (χ1v) is 9.45. The van der Waals surface area contributed by atoms with Crippen LogP contribution in [-0.2, 0) is 33.4 Å². The van der Waals surface area contributed by atoms with Crippen molar-refractivity contribution in [1.82, 2.24) is 0 Å². The van der Waals surface area contributed by atoms with Gasteiger partial charge in [0.15, 0.2) is 12.2 Å². The standard InChI is InChI=1S/C17H24O7S/c1-5-6-11-22-16(18)13(3)23-17(19)14(4)24-25(20,21)15-9-7-12(2)8-10-15/h7-10,13-14H,5-6,11H2,1-4H3. The Balaban J connectivity index is 2.61. The quantitative estimate of drug-likeness (QED) is 0.373. The van der Waals surface area contributed by atoms with Gasteiger partial charge in [-0.05, 0) is 39.3 Å². The van der Waals surface area contributed by atoms with Gasteiger partial charge in [0.1, 0.15) is 0 Å². The van der Waals surface area contributed by atoms with E-state index in [9.17, 15) is 18.0 Å². The number of benzene rings is 1. The zero-order chi connectivity index (χ0) is 19.0. The number of aryl methyl sites for hydroxylation is 1. The van der Waals surface area contributed by atoms with E-state index in [1.165, 1.54) is 26.0 Å². The van der Waals surface area contributed by atoms with Crippen LogP contribution in [-0.4, -0.2) is 39.2 Å². The molecular formula is C17H24O7S. The smallest absolute Gasteiger partial charge is 0.347 e. The summed E-state index contributed by atoms with van der Waals surface area (Å²) < 4.78 is 38.9. The van der Waals surface area contributed by atoms with Crippen LogP contribution in [0.5, 0.6) is 0 Å². The van der Waals surface area contributed by atoms with Crippen molar-refractivity contribution in [3.8, 4) is 0 Å². The first kappa shape index (κ1) is 21.1. The number of esters is 2. The second-order valence-corrected chi connectivity index (χ2v) is 7.18. The minimum absolute atomic E-state index is 0.0650. The summed E-state index contributed by atoms with van der Waals surface area (Å²) in [5.41, 5.74) is 0.891. The maximum Gasteiger partial charge on any atom is 0.347 e. The molecule has 0 fully saturated rings. The number of carbonyl (C=O) groups excluding carboxylic acids is 2. The van der Waals surface area contributed by atoms with Gasteiger partial charge in [-0.3, -0.25) is 4.18 Å². The highest BCUT2D eigenvalue weighted by atomic mass is 32.2. The van der Waals surface area contributed by atoms with Crippen LogP contribution in [0.2, 0.25) is 0 Å². The number of unbranched alkanes of at least 4 members (excludes halogenated alkanes) is 1. The summed E-state index contributed by atoms with van der Waals surface area (Å²) in [4.78, 5) is 23.5. The van der Waals surface area contributed by atoms with Crippen LogP contribution in [0.25, 0.3) is 0 Å². The van der Waals surface area contributed by atoms with E-state index in [1.807, 2.05) is 13.8 Å². The van der Waals surface area contributed by atoms with Crippen LogP contribution in [0.1, 0.15) is 39.2 Å². The summed E-state index contributed by atoms with van der Waals surface area (Å²) in [5, 5.41) is 0. The second kappa shape index (κ2) is 9.53. The molecule has 0 amide bonds. The fourth-order valence-corrected chi connectivity index (χ4v) is 2.78. The summed E-state index contributed by atoms with van der Waals surface area (Å²) in [5.74, 6) is -1.65. The Kier molecular flexibility index (Phi) is 8.05. The monoisotopic (exact) mass is 372 g/mol. The van der Waals surface area contributed by atoms with E-state index in [0.717, 1.165) is 12.0 Å². The van der Waals surface area contributed by atoms with Crippen molar-refractivity contribution in [2.45, 2.75) is 57.6 Å². The molecule has 0 aliphatic carbocycles. The maximum atomic E-state index is 12.1. The van der Waals surface area contributed by atoms with Gasteiger partial charge in [0.2, 0.25) is 0 Å². The van der Waals surface area contributed by atoms with Crippen molar-refractivity contribution in [3.63, 3.8) is 0 Å². The highest BCUT2D eigenvalue weighted by Crippen LogP contribution is 2.16. The lowest BCUT2D eigenvalue weighted by atomic mass is 10.2. The van der Waals surface area contributed by atoms with Crippen molar-refractivity contribution in [2.24, 2.45) is 0 Å². The van der Waals surface area contributed by atoms with Gasteiger partial charge >= 0.3 is 11.9 Å². The topological polar surface area (TPSA) is 96.0 Å². The molecular weight excluding hydrogens is 348 g/mol. The Bertz CT molecular complexity index is 679. The van der Waals surface area contributed by atoms with Gasteiger partial charge in [-0.15, -0.1) is 0 Å². The molecule has 1 rings (SSSR count). The third kappa shape index (κ3) is 6.83. The summed E-state index contributed by atoms with van der Waals surface area (Å²) in [6, 6.07) is 6.01. The zero-order valence-electron chi connectivity index (χ0n) is 14.9. The normalized spacial score (nSPS) is 13.8. The average Bonchev–Trinajstić information content (AvgIpc) is 2.54. The molecule has 0 aromatic heterocycles. The molecule has 8 heteroatoms. The number of hydrogen-bond donors (Lipinski definition) is 0. The SMILES string of the molecule is CCCCOC(=O)C(C)OC(=O)C(C)OS(=O)(=O)c1ccc(C)cc1. The van der Waals surface area contributed by atoms with E-state index in [-0.39, 0.29) is 11.5 Å². The molecule has 1 aromatic carbocycles. The fraction of sp³-hybridized carbons (Fsp3) is 0.529. The van der Waals surface area contributed by atoms with E-state index < -0.39 is 34.3 Å². The van der Waals surface area contributed by atoms with Crippen LogP contribution in [0, 0.1) is 6.92 Å². The van der Waals surface area contributed by atoms with Gasteiger partial charge in [-0.25, -0.2) is 9.59 Å². The molecule has 2 unspecified atom stereocenters. The molecule has 0 spiro atoms. The van der Waals surface area contributed by atoms with Crippen LogP contribution < -0.4 is 0 Å². The average molecular weight is 372 g/mol. The lowest BCUT2D eigenvalue weighted by Gasteiger charge is -2.16. The largest absolute Gasteiger partial charge is 0.463 e. The fourth-order valence-electron chi connectivity index (χ4n) is 1.74. The van der Waals surface area contributed by atoms with Crippen molar-refractivity contribution in [2.75, 3.05) is 6.61 Å². The van der Waals surface area contributed by atoms with E-state index in [4.69, 9.17) is 13.7 Å². The molecule has 7 nitrogen and oxygen atoms in total. The van der Waals surface area contributed by atoms with Crippen molar-refractivity contribution in [3.05, 3.63) is 29.8 Å². The molecule has 0 aliphatic rings. The minimum Gasteiger partial charge on any atom is -0.463 e. The zero-order valence-corrected chi connectivity index (χ0v) is 15.7. The Hall–Kier alpha value is -1.93. The minimum atomic E-state index is -4.11. The number of rotatable bonds is 9. The van der Waals surface area contributed by atoms with E-state index >= 15 is 0 Å². The van der Waals surface area contributed by atoms with Crippen LogP contribution in [0.15, 0.2) is 29.2 Å². The molecule has 0 heterocycles. The second-order valence-electron chi connectivity index (χ2n) is 5.61. The van der Waals surface area contributed by atoms with E-state index in [1.54, 1.807) is 12.1 Å². The van der Waals surface area contributed by atoms with E-state index in [2.05, 4.69) is 0 Å². The first-order valence-electron chi connectivity index (χ1n) is 8.04. The van der Waals surface area contributed by atoms with Crippen molar-refractivity contribution < 1.29 is 31.7 Å². The molecule has 0 bridgehead atoms. The van der Waals surface area contributed by atoms with Gasteiger partial charge < -0.3 is 9.47 Å². The molecule has 0 N–H and O–H groups in total. The molecule has 0 radical (unpaired) electrons. The highest BCUT2D eigenvalue weighted by molar-refractivity contribution is 7.86. The summed E-state index contributed by atoms with van der Waals surface area (Å²) >= 11 is 0. The Morgan fingerprint density at radius 3 is 2.20 bits per heavy atom. The number of ether oxygens (including phenoxy) is 2. The van der Waals surface area contributed by atoms with Gasteiger partial charge in [0, 0.05) is 0 Å². The van der Waals surface area contributed by atoms with Crippen LogP contribution in [0.4, 0.5) is 0 Å². The lowest BCUT2D eigenvalue weighted by Crippen LogP contribution is -2.33. The van der Waals surface area contributed by atoms with Crippen LogP contribution >= 0.6 is 0 Å². The first-order chi connectivity index (χ1) is 11.7. The molecule has 25 heavy (non-hydrogen) atoms. The molecule has 0 saturated carbocycles. The van der Waals surface area contributed by atoms with Gasteiger partial charge in [0.05, 0.1) is 11.5 Å². The third-order valence-electron chi connectivity index (χ3n) is 3.28. The van der Waals surface area contributed by atoms with Crippen molar-refractivity contribution >= 4 is 22.1 Å². The summed E-state index contributed by atoms with van der Waals surface area (Å²) in [6.07, 6.45) is -0.959. The number of carbonyl (C=O) groups is 2. The van der Waals surface area contributed by atoms with Crippen molar-refractivity contribution in [1.29, 1.82) is 0 Å². The van der Waals surface area contributed by atoms with Gasteiger partial charge in [-0.2, -0.15) is 8.42 Å². The molecule has 2 atom stereocenters. The van der Waals surface area contributed by atoms with Gasteiger partial charge in [-0.1, -0.05) is 31.0 Å². The van der Waals surface area contributed by atoms with E-state index in [0.29, 0.717) is 6.42 Å².